The highest BCUT2D eigenvalue weighted by molar-refractivity contribution is 5.94. The van der Waals surface area contributed by atoms with Gasteiger partial charge >= 0.3 is 0 Å². The molecule has 2 N–H and O–H groups in total. The van der Waals surface area contributed by atoms with E-state index in [0.717, 1.165) is 17.1 Å². The van der Waals surface area contributed by atoms with Gasteiger partial charge in [0.25, 0.3) is 5.91 Å². The molecule has 110 valence electrons. The molecule has 2 rings (SSSR count). The van der Waals surface area contributed by atoms with Gasteiger partial charge in [0.1, 0.15) is 6.10 Å². The second kappa shape index (κ2) is 7.45. The molecule has 0 aliphatic rings. The Bertz CT molecular complexity index is 567. The van der Waals surface area contributed by atoms with E-state index in [0.29, 0.717) is 6.61 Å². The summed E-state index contributed by atoms with van der Waals surface area (Å²) in [6.07, 6.45) is -0.447. The number of rotatable bonds is 6. The smallest absolute Gasteiger partial charge is 0.253 e. The highest BCUT2D eigenvalue weighted by Crippen LogP contribution is 2.18. The molecular weight excluding hydrogens is 264 g/mol. The highest BCUT2D eigenvalue weighted by atomic mass is 16.5. The van der Waals surface area contributed by atoms with Crippen LogP contribution in [-0.4, -0.2) is 18.6 Å². The Labute approximate surface area is 125 Å². The molecule has 1 amide bonds. The summed E-state index contributed by atoms with van der Waals surface area (Å²) < 4.78 is 5.25. The van der Waals surface area contributed by atoms with Crippen molar-refractivity contribution in [3.05, 3.63) is 54.6 Å². The summed E-state index contributed by atoms with van der Waals surface area (Å²) in [5.74, 6) is -0.138. The highest BCUT2D eigenvalue weighted by Gasteiger charge is 2.12. The number of carbonyl (C=O) groups excluding carboxylic acids is 1. The molecule has 2 aromatic rings. The summed E-state index contributed by atoms with van der Waals surface area (Å²) in [6.45, 7) is 4.13. The summed E-state index contributed by atoms with van der Waals surface area (Å²) in [4.78, 5) is 11.8. The topological polar surface area (TPSA) is 50.4 Å². The largest absolute Gasteiger partial charge is 0.369 e. The number of benzene rings is 2. The van der Waals surface area contributed by atoms with E-state index in [9.17, 15) is 4.79 Å². The lowest BCUT2D eigenvalue weighted by molar-refractivity contribution is -0.126. The van der Waals surface area contributed by atoms with Crippen LogP contribution in [0.15, 0.2) is 54.6 Å². The van der Waals surface area contributed by atoms with Gasteiger partial charge in [-0.1, -0.05) is 18.2 Å². The first-order valence-corrected chi connectivity index (χ1v) is 7.03. The van der Waals surface area contributed by atoms with Crippen molar-refractivity contribution in [2.45, 2.75) is 20.0 Å². The van der Waals surface area contributed by atoms with E-state index >= 15 is 0 Å². The number of hydrogen-bond donors (Lipinski definition) is 2. The van der Waals surface area contributed by atoms with Gasteiger partial charge in [0.2, 0.25) is 0 Å². The molecule has 4 nitrogen and oxygen atoms in total. The quantitative estimate of drug-likeness (QED) is 0.848. The van der Waals surface area contributed by atoms with E-state index in [4.69, 9.17) is 4.74 Å². The minimum absolute atomic E-state index is 0.138. The Kier molecular flexibility index (Phi) is 5.35. The van der Waals surface area contributed by atoms with E-state index in [1.807, 2.05) is 61.5 Å². The van der Waals surface area contributed by atoms with E-state index in [-0.39, 0.29) is 5.91 Å². The van der Waals surface area contributed by atoms with Crippen molar-refractivity contribution in [2.24, 2.45) is 0 Å². The maximum absolute atomic E-state index is 11.8. The zero-order valence-corrected chi connectivity index (χ0v) is 12.3. The van der Waals surface area contributed by atoms with Crippen LogP contribution in [0.25, 0.3) is 0 Å². The molecule has 0 fully saturated rings. The molecule has 0 spiro atoms. The van der Waals surface area contributed by atoms with Crippen LogP contribution in [0.5, 0.6) is 0 Å². The van der Waals surface area contributed by atoms with Gasteiger partial charge < -0.3 is 15.4 Å². The molecule has 0 saturated carbocycles. The fourth-order valence-corrected chi connectivity index (χ4v) is 1.89. The number of anilines is 3. The second-order valence-electron chi connectivity index (χ2n) is 4.66. The predicted octanol–water partition coefficient (Wildman–Crippen LogP) is 3.79. The average molecular weight is 284 g/mol. The number of carbonyl (C=O) groups is 1. The molecule has 0 heterocycles. The van der Waals surface area contributed by atoms with Gasteiger partial charge in [0.05, 0.1) is 0 Å². The van der Waals surface area contributed by atoms with Crippen molar-refractivity contribution in [3.63, 3.8) is 0 Å². The monoisotopic (exact) mass is 284 g/mol. The van der Waals surface area contributed by atoms with Crippen LogP contribution in [-0.2, 0) is 9.53 Å². The van der Waals surface area contributed by atoms with Gasteiger partial charge in [0, 0.05) is 23.7 Å². The molecular formula is C17H20N2O2. The molecule has 0 radical (unpaired) electrons. The van der Waals surface area contributed by atoms with Crippen molar-refractivity contribution < 1.29 is 9.53 Å². The molecule has 0 bridgehead atoms. The summed E-state index contributed by atoms with van der Waals surface area (Å²) in [5, 5.41) is 6.12. The minimum Gasteiger partial charge on any atom is -0.369 e. The Hall–Kier alpha value is -2.33. The molecule has 0 aromatic heterocycles. The molecule has 21 heavy (non-hydrogen) atoms. The van der Waals surface area contributed by atoms with E-state index in [2.05, 4.69) is 10.6 Å². The number of ether oxygens (including phenoxy) is 1. The van der Waals surface area contributed by atoms with Gasteiger partial charge in [-0.15, -0.1) is 0 Å². The van der Waals surface area contributed by atoms with Crippen LogP contribution in [0.1, 0.15) is 13.8 Å². The van der Waals surface area contributed by atoms with Crippen LogP contribution in [0.2, 0.25) is 0 Å². The van der Waals surface area contributed by atoms with E-state index in [1.54, 1.807) is 6.92 Å². The molecule has 1 atom stereocenters. The standard InChI is InChI=1S/C17H20N2O2/c1-3-21-13(2)17(20)19-16-11-9-15(10-12-16)18-14-7-5-4-6-8-14/h4-13,18H,3H2,1-2H3,(H,19,20). The Morgan fingerprint density at radius 3 is 2.19 bits per heavy atom. The summed E-state index contributed by atoms with van der Waals surface area (Å²) in [7, 11) is 0. The maximum Gasteiger partial charge on any atom is 0.253 e. The van der Waals surface area contributed by atoms with E-state index < -0.39 is 6.10 Å². The third-order valence-corrected chi connectivity index (χ3v) is 3.00. The lowest BCUT2D eigenvalue weighted by Gasteiger charge is -2.12. The molecule has 4 heteroatoms. The van der Waals surface area contributed by atoms with Crippen LogP contribution < -0.4 is 10.6 Å². The number of amides is 1. The number of hydrogen-bond acceptors (Lipinski definition) is 3. The van der Waals surface area contributed by atoms with Gasteiger partial charge in [-0.05, 0) is 50.2 Å². The second-order valence-corrected chi connectivity index (χ2v) is 4.66. The number of nitrogens with one attached hydrogen (secondary N) is 2. The van der Waals surface area contributed by atoms with Crippen molar-refractivity contribution >= 4 is 23.0 Å². The van der Waals surface area contributed by atoms with Gasteiger partial charge in [-0.2, -0.15) is 0 Å². The predicted molar refractivity (Wildman–Crippen MR) is 85.9 cm³/mol. The zero-order chi connectivity index (χ0) is 15.1. The first kappa shape index (κ1) is 15.1. The van der Waals surface area contributed by atoms with Crippen molar-refractivity contribution in [1.82, 2.24) is 0 Å². The van der Waals surface area contributed by atoms with Crippen LogP contribution in [0.4, 0.5) is 17.1 Å². The van der Waals surface area contributed by atoms with Crippen molar-refractivity contribution in [3.8, 4) is 0 Å². The fourth-order valence-electron chi connectivity index (χ4n) is 1.89. The van der Waals surface area contributed by atoms with Crippen molar-refractivity contribution in [1.29, 1.82) is 0 Å². The molecule has 0 saturated heterocycles. The lowest BCUT2D eigenvalue weighted by Crippen LogP contribution is -2.27. The van der Waals surface area contributed by atoms with Crippen LogP contribution in [0.3, 0.4) is 0 Å². The average Bonchev–Trinajstić information content (AvgIpc) is 2.50. The SMILES string of the molecule is CCOC(C)C(=O)Nc1ccc(Nc2ccccc2)cc1. The Morgan fingerprint density at radius 1 is 1.00 bits per heavy atom. The molecule has 2 aromatic carbocycles. The normalized spacial score (nSPS) is 11.7. The molecule has 1 unspecified atom stereocenters. The van der Waals surface area contributed by atoms with E-state index in [1.165, 1.54) is 0 Å². The first-order valence-electron chi connectivity index (χ1n) is 7.03. The number of para-hydroxylation sites is 1. The molecule has 0 aliphatic carbocycles. The maximum atomic E-state index is 11.8. The third kappa shape index (κ3) is 4.61. The Morgan fingerprint density at radius 2 is 1.57 bits per heavy atom. The van der Waals surface area contributed by atoms with Gasteiger partial charge in [-0.25, -0.2) is 0 Å². The first-order chi connectivity index (χ1) is 10.2. The van der Waals surface area contributed by atoms with Crippen molar-refractivity contribution in [2.75, 3.05) is 17.2 Å². The van der Waals surface area contributed by atoms with Gasteiger partial charge in [0.15, 0.2) is 0 Å². The summed E-state index contributed by atoms with van der Waals surface area (Å²) in [5.41, 5.74) is 2.75. The Balaban J connectivity index is 1.94. The third-order valence-electron chi connectivity index (χ3n) is 3.00. The fraction of sp³-hybridized carbons (Fsp3) is 0.235. The minimum atomic E-state index is -0.447. The lowest BCUT2D eigenvalue weighted by atomic mass is 10.2. The zero-order valence-electron chi connectivity index (χ0n) is 12.3. The molecule has 0 aliphatic heterocycles. The summed E-state index contributed by atoms with van der Waals surface area (Å²) in [6, 6.07) is 17.5. The van der Waals surface area contributed by atoms with Crippen LogP contribution >= 0.6 is 0 Å². The van der Waals surface area contributed by atoms with Crippen LogP contribution in [0, 0.1) is 0 Å². The summed E-state index contributed by atoms with van der Waals surface area (Å²) >= 11 is 0. The van der Waals surface area contributed by atoms with Gasteiger partial charge in [-0.3, -0.25) is 4.79 Å².